The van der Waals surface area contributed by atoms with Gasteiger partial charge < -0.3 is 4.74 Å². The van der Waals surface area contributed by atoms with Crippen LogP contribution in [0.2, 0.25) is 0 Å². The third-order valence-corrected chi connectivity index (χ3v) is 5.06. The number of amides is 1. The Kier molecular flexibility index (Phi) is 6.00. The van der Waals surface area contributed by atoms with Crippen LogP contribution in [0.15, 0.2) is 48.7 Å². The highest BCUT2D eigenvalue weighted by atomic mass is 32.1. The van der Waals surface area contributed by atoms with E-state index in [0.717, 1.165) is 21.6 Å². The molecular formula is C20H19N3O4S. The molecule has 0 aliphatic rings. The summed E-state index contributed by atoms with van der Waals surface area (Å²) in [4.78, 5) is 27.6. The molecule has 0 radical (unpaired) electrons. The summed E-state index contributed by atoms with van der Waals surface area (Å²) in [6, 6.07) is 12.1. The first kappa shape index (κ1) is 19.5. The van der Waals surface area contributed by atoms with Crippen LogP contribution in [0.1, 0.15) is 21.6 Å². The molecule has 1 N–H and O–H groups in total. The number of rotatable bonds is 7. The molecule has 1 heterocycles. The number of aryl methyl sites for hydroxylation is 2. The summed E-state index contributed by atoms with van der Waals surface area (Å²) in [7, 11) is 0. The SMILES string of the molecule is Cc1ccc(OCC(=O)Nc2ncc(Cc3cccc([N+](=O)[O-])c3)s2)cc1C. The first-order valence-corrected chi connectivity index (χ1v) is 9.40. The summed E-state index contributed by atoms with van der Waals surface area (Å²) in [5.41, 5.74) is 3.13. The Balaban J connectivity index is 1.55. The van der Waals surface area contributed by atoms with Crippen molar-refractivity contribution in [1.29, 1.82) is 0 Å². The average molecular weight is 397 g/mol. The van der Waals surface area contributed by atoms with Gasteiger partial charge in [0.25, 0.3) is 11.6 Å². The summed E-state index contributed by atoms with van der Waals surface area (Å²) in [6.07, 6.45) is 2.16. The van der Waals surface area contributed by atoms with E-state index < -0.39 is 4.92 Å². The second-order valence-electron chi connectivity index (χ2n) is 6.32. The van der Waals surface area contributed by atoms with Crippen molar-refractivity contribution in [3.05, 3.63) is 80.3 Å². The Morgan fingerprint density at radius 3 is 2.79 bits per heavy atom. The zero-order valence-electron chi connectivity index (χ0n) is 15.5. The van der Waals surface area contributed by atoms with Crippen LogP contribution < -0.4 is 10.1 Å². The monoisotopic (exact) mass is 397 g/mol. The number of carbonyl (C=O) groups excluding carboxylic acids is 1. The summed E-state index contributed by atoms with van der Waals surface area (Å²) < 4.78 is 5.51. The number of aromatic nitrogens is 1. The van der Waals surface area contributed by atoms with E-state index in [4.69, 9.17) is 4.74 Å². The van der Waals surface area contributed by atoms with Crippen molar-refractivity contribution in [2.75, 3.05) is 11.9 Å². The molecule has 0 saturated heterocycles. The number of thiazole rings is 1. The molecule has 1 amide bonds. The number of nitro groups is 1. The van der Waals surface area contributed by atoms with Gasteiger partial charge in [0, 0.05) is 29.6 Å². The number of anilines is 1. The Hall–Kier alpha value is -3.26. The molecular weight excluding hydrogens is 378 g/mol. The Morgan fingerprint density at radius 2 is 2.04 bits per heavy atom. The number of nitrogens with one attached hydrogen (secondary N) is 1. The smallest absolute Gasteiger partial charge is 0.269 e. The van der Waals surface area contributed by atoms with Crippen molar-refractivity contribution >= 4 is 28.1 Å². The van der Waals surface area contributed by atoms with Gasteiger partial charge in [-0.2, -0.15) is 0 Å². The fraction of sp³-hybridized carbons (Fsp3) is 0.200. The third-order valence-electron chi connectivity index (χ3n) is 4.15. The highest BCUT2D eigenvalue weighted by molar-refractivity contribution is 7.15. The van der Waals surface area contributed by atoms with Crippen LogP contribution in [0, 0.1) is 24.0 Å². The Bertz CT molecular complexity index is 1020. The maximum Gasteiger partial charge on any atom is 0.269 e. The lowest BCUT2D eigenvalue weighted by atomic mass is 10.1. The number of ether oxygens (including phenoxy) is 1. The average Bonchev–Trinajstić information content (AvgIpc) is 3.09. The molecule has 0 unspecified atom stereocenters. The molecule has 3 aromatic rings. The lowest BCUT2D eigenvalue weighted by molar-refractivity contribution is -0.384. The minimum atomic E-state index is -0.419. The summed E-state index contributed by atoms with van der Waals surface area (Å²) in [6.45, 7) is 3.89. The first-order chi connectivity index (χ1) is 13.4. The van der Waals surface area contributed by atoms with Gasteiger partial charge >= 0.3 is 0 Å². The number of hydrogen-bond acceptors (Lipinski definition) is 6. The molecule has 8 heteroatoms. The molecule has 0 saturated carbocycles. The van der Waals surface area contributed by atoms with Crippen molar-refractivity contribution in [2.45, 2.75) is 20.3 Å². The summed E-state index contributed by atoms with van der Waals surface area (Å²) >= 11 is 1.33. The molecule has 144 valence electrons. The number of nitro benzene ring substituents is 1. The third kappa shape index (κ3) is 5.14. The van der Waals surface area contributed by atoms with Gasteiger partial charge in [-0.1, -0.05) is 18.2 Å². The quantitative estimate of drug-likeness (QED) is 0.474. The lowest BCUT2D eigenvalue weighted by Gasteiger charge is -2.07. The molecule has 0 spiro atoms. The van der Waals surface area contributed by atoms with Gasteiger partial charge in [0.15, 0.2) is 11.7 Å². The number of carbonyl (C=O) groups is 1. The van der Waals surface area contributed by atoms with Crippen molar-refractivity contribution < 1.29 is 14.5 Å². The number of benzene rings is 2. The van der Waals surface area contributed by atoms with E-state index in [1.165, 1.54) is 23.5 Å². The van der Waals surface area contributed by atoms with Crippen molar-refractivity contribution in [3.8, 4) is 5.75 Å². The Labute approximate surface area is 166 Å². The molecule has 1 aromatic heterocycles. The minimum Gasteiger partial charge on any atom is -0.484 e. The molecule has 28 heavy (non-hydrogen) atoms. The van der Waals surface area contributed by atoms with Crippen molar-refractivity contribution in [2.24, 2.45) is 0 Å². The molecule has 0 aliphatic carbocycles. The van der Waals surface area contributed by atoms with Crippen LogP contribution in [-0.2, 0) is 11.2 Å². The summed E-state index contributed by atoms with van der Waals surface area (Å²) in [5, 5.41) is 14.0. The van der Waals surface area contributed by atoms with Crippen LogP contribution >= 0.6 is 11.3 Å². The predicted molar refractivity (Wildman–Crippen MR) is 108 cm³/mol. The standard InChI is InChI=1S/C20H19N3O4S/c1-13-6-7-17(8-14(13)2)27-12-19(24)22-20-21-11-18(28-20)10-15-4-3-5-16(9-15)23(25)26/h3-9,11H,10,12H2,1-2H3,(H,21,22,24). The maximum absolute atomic E-state index is 12.1. The first-order valence-electron chi connectivity index (χ1n) is 8.58. The second-order valence-corrected chi connectivity index (χ2v) is 7.43. The van der Waals surface area contributed by atoms with E-state index in [-0.39, 0.29) is 18.2 Å². The zero-order chi connectivity index (χ0) is 20.1. The molecule has 0 aliphatic heterocycles. The normalized spacial score (nSPS) is 10.5. The largest absolute Gasteiger partial charge is 0.484 e. The number of non-ortho nitro benzene ring substituents is 1. The summed E-state index contributed by atoms with van der Waals surface area (Å²) in [5.74, 6) is 0.346. The van der Waals surface area contributed by atoms with Gasteiger partial charge in [-0.05, 0) is 42.7 Å². The molecule has 3 rings (SSSR count). The Morgan fingerprint density at radius 1 is 1.21 bits per heavy atom. The van der Waals surface area contributed by atoms with Crippen molar-refractivity contribution in [3.63, 3.8) is 0 Å². The van der Waals surface area contributed by atoms with Gasteiger partial charge in [-0.25, -0.2) is 4.98 Å². The molecule has 7 nitrogen and oxygen atoms in total. The van der Waals surface area contributed by atoms with Crippen LogP contribution in [0.5, 0.6) is 5.75 Å². The second kappa shape index (κ2) is 8.62. The van der Waals surface area contributed by atoms with Crippen LogP contribution in [0.25, 0.3) is 0 Å². The fourth-order valence-electron chi connectivity index (χ4n) is 2.54. The molecule has 0 bridgehead atoms. The highest BCUT2D eigenvalue weighted by Crippen LogP contribution is 2.23. The number of hydrogen-bond donors (Lipinski definition) is 1. The van der Waals surface area contributed by atoms with Crippen LogP contribution in [0.4, 0.5) is 10.8 Å². The molecule has 0 atom stereocenters. The zero-order valence-corrected chi connectivity index (χ0v) is 16.3. The van der Waals surface area contributed by atoms with Crippen LogP contribution in [-0.4, -0.2) is 22.4 Å². The van der Waals surface area contributed by atoms with Gasteiger partial charge in [-0.15, -0.1) is 11.3 Å². The number of nitrogens with zero attached hydrogens (tertiary/aromatic N) is 2. The predicted octanol–water partition coefficient (Wildman–Crippen LogP) is 4.28. The maximum atomic E-state index is 12.1. The highest BCUT2D eigenvalue weighted by Gasteiger charge is 2.10. The van der Waals surface area contributed by atoms with Gasteiger partial charge in [0.05, 0.1) is 4.92 Å². The van der Waals surface area contributed by atoms with Crippen molar-refractivity contribution in [1.82, 2.24) is 4.98 Å². The van der Waals surface area contributed by atoms with E-state index in [1.54, 1.807) is 12.3 Å². The minimum absolute atomic E-state index is 0.0547. The van der Waals surface area contributed by atoms with E-state index in [0.29, 0.717) is 17.3 Å². The lowest BCUT2D eigenvalue weighted by Crippen LogP contribution is -2.20. The van der Waals surface area contributed by atoms with E-state index >= 15 is 0 Å². The topological polar surface area (TPSA) is 94.4 Å². The van der Waals surface area contributed by atoms with E-state index in [2.05, 4.69) is 10.3 Å². The van der Waals surface area contributed by atoms with Crippen LogP contribution in [0.3, 0.4) is 0 Å². The van der Waals surface area contributed by atoms with E-state index in [9.17, 15) is 14.9 Å². The fourth-order valence-corrected chi connectivity index (χ4v) is 3.40. The van der Waals surface area contributed by atoms with Gasteiger partial charge in [-0.3, -0.25) is 20.2 Å². The van der Waals surface area contributed by atoms with E-state index in [1.807, 2.05) is 38.1 Å². The molecule has 2 aromatic carbocycles. The van der Waals surface area contributed by atoms with Gasteiger partial charge in [0.2, 0.25) is 0 Å². The van der Waals surface area contributed by atoms with Gasteiger partial charge in [0.1, 0.15) is 5.75 Å². The molecule has 0 fully saturated rings.